The Morgan fingerprint density at radius 3 is 2.81 bits per heavy atom. The van der Waals surface area contributed by atoms with E-state index in [1.165, 1.54) is 12.1 Å². The topological polar surface area (TPSA) is 64.3 Å². The molecule has 0 bridgehead atoms. The highest BCUT2D eigenvalue weighted by Crippen LogP contribution is 2.28. The lowest BCUT2D eigenvalue weighted by molar-refractivity contribution is 0.102. The highest BCUT2D eigenvalue weighted by atomic mass is 79.9. The number of para-hydroxylation sites is 1. The van der Waals surface area contributed by atoms with E-state index in [-0.39, 0.29) is 11.3 Å². The summed E-state index contributed by atoms with van der Waals surface area (Å²) >= 11 is 3.16. The summed E-state index contributed by atoms with van der Waals surface area (Å²) in [5.41, 5.74) is 6.52. The first kappa shape index (κ1) is 15.3. The summed E-state index contributed by atoms with van der Waals surface area (Å²) < 4.78 is 19.7. The monoisotopic (exact) mass is 352 g/mol. The molecule has 0 aliphatic heterocycles. The zero-order valence-corrected chi connectivity index (χ0v) is 12.9. The summed E-state index contributed by atoms with van der Waals surface area (Å²) in [5, 5.41) is 2.51. The minimum atomic E-state index is -0.528. The van der Waals surface area contributed by atoms with Crippen LogP contribution in [0.2, 0.25) is 0 Å². The van der Waals surface area contributed by atoms with Crippen LogP contribution in [0, 0.1) is 5.82 Å². The van der Waals surface area contributed by atoms with Crippen molar-refractivity contribution in [3.63, 3.8) is 0 Å². The second-order valence-corrected chi connectivity index (χ2v) is 5.15. The van der Waals surface area contributed by atoms with E-state index >= 15 is 0 Å². The lowest BCUT2D eigenvalue weighted by Crippen LogP contribution is -2.15. The first-order valence-electron chi connectivity index (χ1n) is 6.30. The molecule has 0 saturated heterocycles. The van der Waals surface area contributed by atoms with E-state index in [1.54, 1.807) is 31.2 Å². The summed E-state index contributed by atoms with van der Waals surface area (Å²) in [6.07, 6.45) is 0. The number of benzene rings is 2. The number of nitrogens with one attached hydrogen (secondary N) is 1. The van der Waals surface area contributed by atoms with Crippen molar-refractivity contribution in [2.45, 2.75) is 6.92 Å². The molecule has 3 N–H and O–H groups in total. The third-order valence-electron chi connectivity index (χ3n) is 2.76. The van der Waals surface area contributed by atoms with Gasteiger partial charge in [-0.15, -0.1) is 0 Å². The fourth-order valence-corrected chi connectivity index (χ4v) is 2.15. The van der Waals surface area contributed by atoms with Crippen LogP contribution >= 0.6 is 15.9 Å². The SMILES string of the molecule is CCOc1c(N)cccc1C(=O)Nc1ccc(Br)cc1F. The van der Waals surface area contributed by atoms with Crippen molar-refractivity contribution < 1.29 is 13.9 Å². The average molecular weight is 353 g/mol. The molecule has 110 valence electrons. The molecule has 2 aromatic carbocycles. The molecule has 0 radical (unpaired) electrons. The van der Waals surface area contributed by atoms with Crippen LogP contribution in [0.4, 0.5) is 15.8 Å². The molecule has 0 unspecified atom stereocenters. The van der Waals surface area contributed by atoms with E-state index in [4.69, 9.17) is 10.5 Å². The van der Waals surface area contributed by atoms with Crippen LogP contribution in [0.3, 0.4) is 0 Å². The number of rotatable bonds is 4. The summed E-state index contributed by atoms with van der Waals surface area (Å²) in [4.78, 5) is 12.3. The fraction of sp³-hybridized carbons (Fsp3) is 0.133. The predicted molar refractivity (Wildman–Crippen MR) is 84.1 cm³/mol. The Morgan fingerprint density at radius 2 is 2.14 bits per heavy atom. The van der Waals surface area contributed by atoms with Crippen molar-refractivity contribution in [1.29, 1.82) is 0 Å². The maximum Gasteiger partial charge on any atom is 0.259 e. The molecule has 0 heterocycles. The molecule has 1 amide bonds. The number of carbonyl (C=O) groups is 1. The normalized spacial score (nSPS) is 10.2. The molecule has 0 aromatic heterocycles. The second-order valence-electron chi connectivity index (χ2n) is 4.24. The molecular formula is C15H14BrFN2O2. The van der Waals surface area contributed by atoms with Gasteiger partial charge >= 0.3 is 0 Å². The van der Waals surface area contributed by atoms with E-state index < -0.39 is 11.7 Å². The number of hydrogen-bond acceptors (Lipinski definition) is 3. The van der Waals surface area contributed by atoms with Crippen molar-refractivity contribution in [2.24, 2.45) is 0 Å². The Balaban J connectivity index is 2.30. The summed E-state index contributed by atoms with van der Waals surface area (Å²) in [5.74, 6) is -0.707. The van der Waals surface area contributed by atoms with Gasteiger partial charge in [-0.3, -0.25) is 4.79 Å². The van der Waals surface area contributed by atoms with Crippen LogP contribution in [-0.4, -0.2) is 12.5 Å². The Morgan fingerprint density at radius 1 is 1.38 bits per heavy atom. The van der Waals surface area contributed by atoms with Gasteiger partial charge in [0, 0.05) is 4.47 Å². The first-order chi connectivity index (χ1) is 10.0. The van der Waals surface area contributed by atoms with E-state index in [0.29, 0.717) is 22.5 Å². The van der Waals surface area contributed by atoms with Crippen molar-refractivity contribution in [3.05, 3.63) is 52.3 Å². The Bertz CT molecular complexity index is 677. The van der Waals surface area contributed by atoms with Crippen LogP contribution in [0.5, 0.6) is 5.75 Å². The smallest absolute Gasteiger partial charge is 0.259 e. The van der Waals surface area contributed by atoms with Crippen LogP contribution in [0.25, 0.3) is 0 Å². The van der Waals surface area contributed by atoms with E-state index in [1.807, 2.05) is 0 Å². The minimum absolute atomic E-state index is 0.0908. The van der Waals surface area contributed by atoms with Crippen molar-refractivity contribution in [3.8, 4) is 5.75 Å². The quantitative estimate of drug-likeness (QED) is 0.822. The van der Waals surface area contributed by atoms with Gasteiger partial charge in [0.25, 0.3) is 5.91 Å². The summed E-state index contributed by atoms with van der Waals surface area (Å²) in [6.45, 7) is 2.17. The first-order valence-corrected chi connectivity index (χ1v) is 7.10. The fourth-order valence-electron chi connectivity index (χ4n) is 1.82. The van der Waals surface area contributed by atoms with Gasteiger partial charge in [-0.05, 0) is 37.3 Å². The van der Waals surface area contributed by atoms with Gasteiger partial charge in [0.2, 0.25) is 0 Å². The maximum atomic E-state index is 13.8. The maximum absolute atomic E-state index is 13.8. The predicted octanol–water partition coefficient (Wildman–Crippen LogP) is 3.82. The number of anilines is 2. The van der Waals surface area contributed by atoms with Crippen molar-refractivity contribution in [1.82, 2.24) is 0 Å². The molecule has 0 aliphatic rings. The lowest BCUT2D eigenvalue weighted by Gasteiger charge is -2.13. The highest BCUT2D eigenvalue weighted by molar-refractivity contribution is 9.10. The molecular weight excluding hydrogens is 339 g/mol. The van der Waals surface area contributed by atoms with E-state index in [2.05, 4.69) is 21.2 Å². The number of hydrogen-bond donors (Lipinski definition) is 2. The minimum Gasteiger partial charge on any atom is -0.491 e. The lowest BCUT2D eigenvalue weighted by atomic mass is 10.1. The second kappa shape index (κ2) is 6.58. The van der Waals surface area contributed by atoms with Gasteiger partial charge in [-0.2, -0.15) is 0 Å². The van der Waals surface area contributed by atoms with Gasteiger partial charge in [0.1, 0.15) is 5.82 Å². The van der Waals surface area contributed by atoms with Gasteiger partial charge in [-0.1, -0.05) is 22.0 Å². The number of halogens is 2. The summed E-state index contributed by atoms with van der Waals surface area (Å²) in [7, 11) is 0. The average Bonchev–Trinajstić information content (AvgIpc) is 2.44. The van der Waals surface area contributed by atoms with Gasteiger partial charge < -0.3 is 15.8 Å². The molecule has 2 aromatic rings. The van der Waals surface area contributed by atoms with Crippen molar-refractivity contribution >= 4 is 33.2 Å². The van der Waals surface area contributed by atoms with Gasteiger partial charge in [0.05, 0.1) is 23.5 Å². The largest absolute Gasteiger partial charge is 0.491 e. The van der Waals surface area contributed by atoms with Gasteiger partial charge in [0.15, 0.2) is 5.75 Å². The molecule has 0 saturated carbocycles. The number of carbonyl (C=O) groups excluding carboxylic acids is 1. The summed E-state index contributed by atoms with van der Waals surface area (Å²) in [6, 6.07) is 9.25. The molecule has 6 heteroatoms. The molecule has 21 heavy (non-hydrogen) atoms. The third-order valence-corrected chi connectivity index (χ3v) is 3.25. The zero-order valence-electron chi connectivity index (χ0n) is 11.3. The molecule has 0 fully saturated rings. The van der Waals surface area contributed by atoms with Crippen LogP contribution in [0.1, 0.15) is 17.3 Å². The Labute approximate surface area is 130 Å². The van der Waals surface area contributed by atoms with Gasteiger partial charge in [-0.25, -0.2) is 4.39 Å². The molecule has 0 atom stereocenters. The van der Waals surface area contributed by atoms with Crippen LogP contribution in [0.15, 0.2) is 40.9 Å². The number of amides is 1. The Hall–Kier alpha value is -2.08. The number of nitrogen functional groups attached to an aromatic ring is 1. The molecule has 0 aliphatic carbocycles. The van der Waals surface area contributed by atoms with E-state index in [0.717, 1.165) is 0 Å². The van der Waals surface area contributed by atoms with Crippen molar-refractivity contribution in [2.75, 3.05) is 17.7 Å². The molecule has 4 nitrogen and oxygen atoms in total. The highest BCUT2D eigenvalue weighted by Gasteiger charge is 2.16. The van der Waals surface area contributed by atoms with Crippen LogP contribution in [-0.2, 0) is 0 Å². The molecule has 0 spiro atoms. The van der Waals surface area contributed by atoms with E-state index in [9.17, 15) is 9.18 Å². The third kappa shape index (κ3) is 3.52. The zero-order chi connectivity index (χ0) is 15.4. The van der Waals surface area contributed by atoms with Crippen LogP contribution < -0.4 is 15.8 Å². The Kier molecular flexibility index (Phi) is 4.80. The standard InChI is InChI=1S/C15H14BrFN2O2/c1-2-21-14-10(4-3-5-12(14)18)15(20)19-13-7-6-9(16)8-11(13)17/h3-8H,2,18H2,1H3,(H,19,20). The number of nitrogens with two attached hydrogens (primary N) is 1. The molecule has 2 rings (SSSR count). The number of ether oxygens (including phenoxy) is 1.